The first-order valence-corrected chi connectivity index (χ1v) is 7.18. The fourth-order valence-electron chi connectivity index (χ4n) is 2.08. The Hall–Kier alpha value is -2.25. The van der Waals surface area contributed by atoms with Gasteiger partial charge in [0.25, 0.3) is 0 Å². The summed E-state index contributed by atoms with van der Waals surface area (Å²) < 4.78 is 50.1. The predicted molar refractivity (Wildman–Crippen MR) is 79.9 cm³/mol. The molecule has 1 amide bonds. The maximum Gasteiger partial charge on any atom is 0.407 e. The minimum atomic E-state index is -1.38. The van der Waals surface area contributed by atoms with Crippen molar-refractivity contribution in [3.05, 3.63) is 35.1 Å². The highest BCUT2D eigenvalue weighted by molar-refractivity contribution is 5.80. The van der Waals surface area contributed by atoms with E-state index in [1.807, 2.05) is 0 Å². The maximum absolute atomic E-state index is 14.0. The number of hydrogen-bond acceptors (Lipinski definition) is 4. The van der Waals surface area contributed by atoms with Crippen molar-refractivity contribution < 1.29 is 32.2 Å². The molecule has 0 heterocycles. The SMILES string of the molecule is COC(=O)[C@H](c1cc(F)c(F)cc1F)C(C)NC(=O)OC(C)(C)C. The maximum atomic E-state index is 14.0. The molecule has 0 radical (unpaired) electrons. The number of amides is 1. The van der Waals surface area contributed by atoms with Crippen molar-refractivity contribution >= 4 is 12.1 Å². The van der Waals surface area contributed by atoms with Crippen molar-refractivity contribution in [3.8, 4) is 0 Å². The zero-order valence-corrected chi connectivity index (χ0v) is 14.1. The Bertz CT molecular complexity index is 628. The quantitative estimate of drug-likeness (QED) is 0.671. The summed E-state index contributed by atoms with van der Waals surface area (Å²) in [6.07, 6.45) is -0.841. The minimum Gasteiger partial charge on any atom is -0.468 e. The van der Waals surface area contributed by atoms with Crippen LogP contribution < -0.4 is 5.32 Å². The Morgan fingerprint density at radius 3 is 2.12 bits per heavy atom. The minimum absolute atomic E-state index is 0.334. The molecule has 1 aromatic carbocycles. The van der Waals surface area contributed by atoms with Crippen LogP contribution in [0.5, 0.6) is 0 Å². The van der Waals surface area contributed by atoms with Gasteiger partial charge in [-0.1, -0.05) is 0 Å². The smallest absolute Gasteiger partial charge is 0.407 e. The number of esters is 1. The van der Waals surface area contributed by atoms with Crippen molar-refractivity contribution in [2.75, 3.05) is 7.11 Å². The van der Waals surface area contributed by atoms with E-state index in [9.17, 15) is 22.8 Å². The average Bonchev–Trinajstić information content (AvgIpc) is 2.42. The molecule has 2 atom stereocenters. The molecule has 0 saturated carbocycles. The summed E-state index contributed by atoms with van der Waals surface area (Å²) in [6, 6.07) is -0.0907. The summed E-state index contributed by atoms with van der Waals surface area (Å²) >= 11 is 0. The van der Waals surface area contributed by atoms with Crippen molar-refractivity contribution in [2.24, 2.45) is 0 Å². The van der Waals surface area contributed by atoms with Crippen LogP contribution in [0.3, 0.4) is 0 Å². The third-order valence-electron chi connectivity index (χ3n) is 3.07. The van der Waals surface area contributed by atoms with Crippen molar-refractivity contribution in [3.63, 3.8) is 0 Å². The Morgan fingerprint density at radius 2 is 1.62 bits per heavy atom. The average molecular weight is 347 g/mol. The van der Waals surface area contributed by atoms with Gasteiger partial charge < -0.3 is 14.8 Å². The molecular formula is C16H20F3NO4. The fraction of sp³-hybridized carbons (Fsp3) is 0.500. The normalized spacial score (nSPS) is 13.8. The van der Waals surface area contributed by atoms with Crippen LogP contribution in [-0.4, -0.2) is 30.8 Å². The van der Waals surface area contributed by atoms with Crippen LogP contribution in [0.4, 0.5) is 18.0 Å². The summed E-state index contributed by atoms with van der Waals surface area (Å²) in [7, 11) is 1.06. The number of benzene rings is 1. The third-order valence-corrected chi connectivity index (χ3v) is 3.07. The monoisotopic (exact) mass is 347 g/mol. The summed E-state index contributed by atoms with van der Waals surface area (Å²) in [4.78, 5) is 23.8. The number of carbonyl (C=O) groups excluding carboxylic acids is 2. The lowest BCUT2D eigenvalue weighted by Gasteiger charge is -2.26. The van der Waals surface area contributed by atoms with Gasteiger partial charge in [0.1, 0.15) is 17.3 Å². The molecule has 0 aliphatic carbocycles. The van der Waals surface area contributed by atoms with Crippen LogP contribution in [0.25, 0.3) is 0 Å². The molecule has 0 fully saturated rings. The van der Waals surface area contributed by atoms with E-state index in [4.69, 9.17) is 4.74 Å². The molecule has 24 heavy (non-hydrogen) atoms. The van der Waals surface area contributed by atoms with Crippen LogP contribution in [0.1, 0.15) is 39.2 Å². The van der Waals surface area contributed by atoms with Gasteiger partial charge in [0, 0.05) is 17.7 Å². The van der Waals surface area contributed by atoms with Gasteiger partial charge in [-0.2, -0.15) is 0 Å². The number of ether oxygens (including phenoxy) is 2. The lowest BCUT2D eigenvalue weighted by atomic mass is 9.91. The van der Waals surface area contributed by atoms with E-state index in [0.717, 1.165) is 7.11 Å². The van der Waals surface area contributed by atoms with E-state index in [2.05, 4.69) is 10.1 Å². The largest absolute Gasteiger partial charge is 0.468 e. The molecular weight excluding hydrogens is 327 g/mol. The van der Waals surface area contributed by atoms with E-state index in [1.54, 1.807) is 20.8 Å². The Balaban J connectivity index is 3.12. The van der Waals surface area contributed by atoms with Gasteiger partial charge >= 0.3 is 12.1 Å². The molecule has 0 aromatic heterocycles. The summed E-state index contributed by atoms with van der Waals surface area (Å²) in [5.41, 5.74) is -1.21. The van der Waals surface area contributed by atoms with Crippen LogP contribution in [0.2, 0.25) is 0 Å². The Morgan fingerprint density at radius 1 is 1.08 bits per heavy atom. The van der Waals surface area contributed by atoms with Gasteiger partial charge in [-0.15, -0.1) is 0 Å². The van der Waals surface area contributed by atoms with Crippen molar-refractivity contribution in [1.82, 2.24) is 5.32 Å². The van der Waals surface area contributed by atoms with Crippen molar-refractivity contribution in [2.45, 2.75) is 45.3 Å². The van der Waals surface area contributed by atoms with Crippen LogP contribution >= 0.6 is 0 Å². The van der Waals surface area contributed by atoms with E-state index in [0.29, 0.717) is 12.1 Å². The number of hydrogen-bond donors (Lipinski definition) is 1. The third kappa shape index (κ3) is 5.14. The Labute approximate surface area is 138 Å². The predicted octanol–water partition coefficient (Wildman–Crippen LogP) is 3.27. The summed E-state index contributed by atoms with van der Waals surface area (Å²) in [6.45, 7) is 6.32. The van der Waals surface area contributed by atoms with Gasteiger partial charge in [-0.3, -0.25) is 4.79 Å². The number of carbonyl (C=O) groups is 2. The van der Waals surface area contributed by atoms with Gasteiger partial charge in [0.15, 0.2) is 11.6 Å². The first-order chi connectivity index (χ1) is 11.0. The van der Waals surface area contributed by atoms with E-state index in [-0.39, 0.29) is 0 Å². The van der Waals surface area contributed by atoms with E-state index >= 15 is 0 Å². The molecule has 134 valence electrons. The molecule has 1 aromatic rings. The Kier molecular flexibility index (Phi) is 6.22. The molecule has 8 heteroatoms. The number of methoxy groups -OCH3 is 1. The highest BCUT2D eigenvalue weighted by Crippen LogP contribution is 2.26. The lowest BCUT2D eigenvalue weighted by molar-refractivity contribution is -0.143. The molecule has 1 unspecified atom stereocenters. The second-order valence-corrected chi connectivity index (χ2v) is 6.22. The van der Waals surface area contributed by atoms with Crippen LogP contribution in [-0.2, 0) is 14.3 Å². The van der Waals surface area contributed by atoms with E-state index < -0.39 is 52.6 Å². The molecule has 0 bridgehead atoms. The second kappa shape index (κ2) is 7.55. The van der Waals surface area contributed by atoms with Crippen molar-refractivity contribution in [1.29, 1.82) is 0 Å². The summed E-state index contributed by atoms with van der Waals surface area (Å²) in [5, 5.41) is 2.37. The van der Waals surface area contributed by atoms with Crippen LogP contribution in [0.15, 0.2) is 12.1 Å². The van der Waals surface area contributed by atoms with Gasteiger partial charge in [-0.25, -0.2) is 18.0 Å². The highest BCUT2D eigenvalue weighted by atomic mass is 19.2. The summed E-state index contributed by atoms with van der Waals surface area (Å²) in [5.74, 6) is -6.11. The molecule has 0 aliphatic rings. The zero-order chi connectivity index (χ0) is 18.7. The number of alkyl carbamates (subject to hydrolysis) is 1. The molecule has 1 rings (SSSR count). The second-order valence-electron chi connectivity index (χ2n) is 6.22. The molecule has 0 saturated heterocycles. The standard InChI is InChI=1S/C16H20F3NO4/c1-8(20-15(22)24-16(2,3)4)13(14(21)23-5)9-6-11(18)12(19)7-10(9)17/h6-8,13H,1-5H3,(H,20,22)/t8?,13-/m0/s1. The van der Waals surface area contributed by atoms with Gasteiger partial charge in [-0.05, 0) is 33.8 Å². The van der Waals surface area contributed by atoms with Crippen LogP contribution in [0, 0.1) is 17.5 Å². The van der Waals surface area contributed by atoms with Gasteiger partial charge in [0.05, 0.1) is 7.11 Å². The lowest BCUT2D eigenvalue weighted by Crippen LogP contribution is -2.43. The molecule has 0 aliphatic heterocycles. The van der Waals surface area contributed by atoms with Gasteiger partial charge in [0.2, 0.25) is 0 Å². The zero-order valence-electron chi connectivity index (χ0n) is 14.1. The molecule has 1 N–H and O–H groups in total. The van der Waals surface area contributed by atoms with E-state index in [1.165, 1.54) is 6.92 Å². The highest BCUT2D eigenvalue weighted by Gasteiger charge is 2.33. The number of halogens is 3. The first-order valence-electron chi connectivity index (χ1n) is 7.18. The molecule has 0 spiro atoms. The number of nitrogens with one attached hydrogen (secondary N) is 1. The molecule has 5 nitrogen and oxygen atoms in total. The topological polar surface area (TPSA) is 64.6 Å². The number of rotatable bonds is 4. The fourth-order valence-corrected chi connectivity index (χ4v) is 2.08. The first kappa shape index (κ1) is 19.8.